The van der Waals surface area contributed by atoms with E-state index in [1.165, 1.54) is 0 Å². The third-order valence-electron chi connectivity index (χ3n) is 1.96. The Morgan fingerprint density at radius 3 is 2.75 bits per heavy atom. The van der Waals surface area contributed by atoms with Crippen molar-refractivity contribution in [3.63, 3.8) is 0 Å². The first-order valence-corrected chi connectivity index (χ1v) is 4.56. The molecule has 3 heteroatoms. The molecule has 0 radical (unpaired) electrons. The maximum Gasteiger partial charge on any atom is 0.266 e. The smallest absolute Gasteiger partial charge is 0.266 e. The molecule has 0 aromatic carbocycles. The number of hydrogen-bond donors (Lipinski definition) is 1. The van der Waals surface area contributed by atoms with Crippen LogP contribution in [0.5, 0.6) is 0 Å². The van der Waals surface area contributed by atoms with Crippen LogP contribution in [-0.2, 0) is 13.0 Å². The highest BCUT2D eigenvalue weighted by Gasteiger charge is 1.99. The van der Waals surface area contributed by atoms with Crippen LogP contribution in [0.15, 0.2) is 10.9 Å². The van der Waals surface area contributed by atoms with Crippen LogP contribution in [-0.4, -0.2) is 9.78 Å². The topological polar surface area (TPSA) is 37.8 Å². The lowest BCUT2D eigenvalue weighted by molar-refractivity contribution is 0.552. The quantitative estimate of drug-likeness (QED) is 0.727. The molecule has 0 aliphatic carbocycles. The Balaban J connectivity index is 2.71. The fraction of sp³-hybridized carbons (Fsp3) is 0.667. The van der Waals surface area contributed by atoms with E-state index in [1.807, 2.05) is 6.92 Å². The third kappa shape index (κ3) is 2.00. The van der Waals surface area contributed by atoms with Gasteiger partial charge in [-0.05, 0) is 12.8 Å². The first-order valence-electron chi connectivity index (χ1n) is 4.56. The maximum atomic E-state index is 11.2. The van der Waals surface area contributed by atoms with Gasteiger partial charge >= 0.3 is 0 Å². The van der Waals surface area contributed by atoms with Crippen LogP contribution in [0, 0.1) is 0 Å². The highest BCUT2D eigenvalue weighted by atomic mass is 16.1. The van der Waals surface area contributed by atoms with Gasteiger partial charge in [0.2, 0.25) is 0 Å². The van der Waals surface area contributed by atoms with Gasteiger partial charge in [0.15, 0.2) is 0 Å². The van der Waals surface area contributed by atoms with Gasteiger partial charge in [0.1, 0.15) is 0 Å². The third-order valence-corrected chi connectivity index (χ3v) is 1.96. The molecule has 3 nitrogen and oxygen atoms in total. The maximum absolute atomic E-state index is 11.2. The van der Waals surface area contributed by atoms with E-state index in [4.69, 9.17) is 0 Å². The van der Waals surface area contributed by atoms with Gasteiger partial charge in [-0.2, -0.15) is 0 Å². The van der Waals surface area contributed by atoms with Crippen LogP contribution in [0.1, 0.15) is 32.4 Å². The minimum Gasteiger partial charge on any atom is -0.300 e. The van der Waals surface area contributed by atoms with Crippen LogP contribution >= 0.6 is 0 Å². The molecule has 0 atom stereocenters. The molecule has 1 N–H and O–H groups in total. The molecule has 0 spiro atoms. The molecule has 0 unspecified atom stereocenters. The fourth-order valence-electron chi connectivity index (χ4n) is 1.15. The van der Waals surface area contributed by atoms with Crippen LogP contribution in [0.2, 0.25) is 0 Å². The summed E-state index contributed by atoms with van der Waals surface area (Å²) in [5, 5.41) is 3.07. The standard InChI is InChI=1S/C9H16N2O/c1-3-5-6-11-9(12)7-8(4-2)10-11/h7,10H,3-6H2,1-2H3. The Kier molecular flexibility index (Phi) is 3.14. The van der Waals surface area contributed by atoms with Crippen LogP contribution in [0.3, 0.4) is 0 Å². The highest BCUT2D eigenvalue weighted by Crippen LogP contribution is 1.93. The Hall–Kier alpha value is -0.990. The molecule has 0 saturated carbocycles. The van der Waals surface area contributed by atoms with E-state index >= 15 is 0 Å². The van der Waals surface area contributed by atoms with Crippen molar-refractivity contribution < 1.29 is 0 Å². The van der Waals surface area contributed by atoms with Gasteiger partial charge in [0.05, 0.1) is 0 Å². The summed E-state index contributed by atoms with van der Waals surface area (Å²) in [5.41, 5.74) is 1.12. The molecule has 0 saturated heterocycles. The zero-order chi connectivity index (χ0) is 8.97. The Morgan fingerprint density at radius 2 is 2.25 bits per heavy atom. The van der Waals surface area contributed by atoms with E-state index in [2.05, 4.69) is 12.0 Å². The Morgan fingerprint density at radius 1 is 1.50 bits per heavy atom. The molecule has 0 aliphatic rings. The second-order valence-electron chi connectivity index (χ2n) is 2.98. The summed E-state index contributed by atoms with van der Waals surface area (Å²) in [7, 11) is 0. The Bertz CT molecular complexity index is 285. The number of nitrogens with one attached hydrogen (secondary N) is 1. The number of nitrogens with zero attached hydrogens (tertiary/aromatic N) is 1. The van der Waals surface area contributed by atoms with E-state index in [0.717, 1.165) is 31.5 Å². The average molecular weight is 168 g/mol. The van der Waals surface area contributed by atoms with Gasteiger partial charge in [-0.25, -0.2) is 0 Å². The van der Waals surface area contributed by atoms with Crippen LogP contribution < -0.4 is 5.56 Å². The summed E-state index contributed by atoms with van der Waals surface area (Å²) < 4.78 is 1.68. The second kappa shape index (κ2) is 4.14. The zero-order valence-electron chi connectivity index (χ0n) is 7.76. The summed E-state index contributed by atoms with van der Waals surface area (Å²) in [4.78, 5) is 11.2. The van der Waals surface area contributed by atoms with Gasteiger partial charge in [-0.15, -0.1) is 0 Å². The van der Waals surface area contributed by atoms with Gasteiger partial charge in [0, 0.05) is 18.3 Å². The molecule has 0 amide bonds. The SMILES string of the molecule is CCCCn1[nH]c(CC)cc1=O. The monoisotopic (exact) mass is 168 g/mol. The van der Waals surface area contributed by atoms with E-state index < -0.39 is 0 Å². The van der Waals surface area contributed by atoms with Gasteiger partial charge in [-0.3, -0.25) is 14.6 Å². The first kappa shape index (κ1) is 9.10. The van der Waals surface area contributed by atoms with E-state index in [0.29, 0.717) is 0 Å². The van der Waals surface area contributed by atoms with Crippen LogP contribution in [0.25, 0.3) is 0 Å². The second-order valence-corrected chi connectivity index (χ2v) is 2.98. The fourth-order valence-corrected chi connectivity index (χ4v) is 1.15. The number of aromatic amines is 1. The van der Waals surface area contributed by atoms with Crippen molar-refractivity contribution in [1.82, 2.24) is 9.78 Å². The minimum atomic E-state index is 0.0975. The molecule has 1 heterocycles. The normalized spacial score (nSPS) is 10.5. The summed E-state index contributed by atoms with van der Waals surface area (Å²) in [6.45, 7) is 4.97. The summed E-state index contributed by atoms with van der Waals surface area (Å²) in [6.07, 6.45) is 3.07. The predicted molar refractivity (Wildman–Crippen MR) is 49.3 cm³/mol. The number of rotatable bonds is 4. The van der Waals surface area contributed by atoms with Crippen molar-refractivity contribution in [3.8, 4) is 0 Å². The lowest BCUT2D eigenvalue weighted by Crippen LogP contribution is -2.15. The van der Waals surface area contributed by atoms with E-state index in [-0.39, 0.29) is 5.56 Å². The molecule has 12 heavy (non-hydrogen) atoms. The minimum absolute atomic E-state index is 0.0975. The largest absolute Gasteiger partial charge is 0.300 e. The van der Waals surface area contributed by atoms with Crippen molar-refractivity contribution >= 4 is 0 Å². The molecule has 1 rings (SSSR count). The summed E-state index contributed by atoms with van der Waals surface area (Å²) in [6, 6.07) is 1.68. The number of H-pyrrole nitrogens is 1. The van der Waals surface area contributed by atoms with Gasteiger partial charge in [-0.1, -0.05) is 20.3 Å². The van der Waals surface area contributed by atoms with Crippen LogP contribution in [0.4, 0.5) is 0 Å². The van der Waals surface area contributed by atoms with Crippen molar-refractivity contribution in [2.24, 2.45) is 0 Å². The number of aryl methyl sites for hydroxylation is 2. The summed E-state index contributed by atoms with van der Waals surface area (Å²) >= 11 is 0. The average Bonchev–Trinajstić information content (AvgIpc) is 2.43. The molecule has 1 aromatic rings. The van der Waals surface area contributed by atoms with Crippen molar-refractivity contribution in [2.45, 2.75) is 39.7 Å². The number of hydrogen-bond acceptors (Lipinski definition) is 1. The number of unbranched alkanes of at least 4 members (excludes halogenated alkanes) is 1. The predicted octanol–water partition coefficient (Wildman–Crippen LogP) is 1.54. The molecular formula is C9H16N2O. The van der Waals surface area contributed by atoms with E-state index in [1.54, 1.807) is 10.7 Å². The van der Waals surface area contributed by atoms with Crippen molar-refractivity contribution in [2.75, 3.05) is 0 Å². The molecule has 1 aromatic heterocycles. The summed E-state index contributed by atoms with van der Waals surface area (Å²) in [5.74, 6) is 0. The van der Waals surface area contributed by atoms with Crippen molar-refractivity contribution in [1.29, 1.82) is 0 Å². The number of aromatic nitrogens is 2. The van der Waals surface area contributed by atoms with Gasteiger partial charge < -0.3 is 0 Å². The lowest BCUT2D eigenvalue weighted by Gasteiger charge is -1.98. The molecule has 0 fully saturated rings. The zero-order valence-corrected chi connectivity index (χ0v) is 7.76. The molecule has 0 bridgehead atoms. The molecular weight excluding hydrogens is 152 g/mol. The van der Waals surface area contributed by atoms with Crippen molar-refractivity contribution in [3.05, 3.63) is 22.1 Å². The first-order chi connectivity index (χ1) is 5.77. The van der Waals surface area contributed by atoms with Gasteiger partial charge in [0.25, 0.3) is 5.56 Å². The Labute approximate surface area is 72.4 Å². The molecule has 0 aliphatic heterocycles. The van der Waals surface area contributed by atoms with E-state index in [9.17, 15) is 4.79 Å². The highest BCUT2D eigenvalue weighted by molar-refractivity contribution is 4.98. The lowest BCUT2D eigenvalue weighted by atomic mass is 10.3. The molecule has 68 valence electrons.